The Kier molecular flexibility index (Phi) is 4.28. The number of ether oxygens (including phenoxy) is 2. The molecule has 1 aliphatic carbocycles. The molecule has 0 aromatic heterocycles. The largest absolute Gasteiger partial charge is 0.507 e. The van der Waals surface area contributed by atoms with Crippen LogP contribution in [-0.4, -0.2) is 30.4 Å². The highest BCUT2D eigenvalue weighted by Gasteiger charge is 2.50. The van der Waals surface area contributed by atoms with Crippen molar-refractivity contribution in [2.45, 2.75) is 31.3 Å². The van der Waals surface area contributed by atoms with E-state index in [4.69, 9.17) is 9.47 Å². The fraction of sp³-hybridized carbons (Fsp3) is 0.471. The van der Waals surface area contributed by atoms with E-state index in [-0.39, 0.29) is 11.3 Å². The molecule has 1 N–H and O–H groups in total. The van der Waals surface area contributed by atoms with Crippen LogP contribution in [0.15, 0.2) is 34.5 Å². The SMILES string of the molecule is COCC1CCC2(CC1)OC(=O)C(c1ccccc1Br)=C2O. The molecule has 3 rings (SSSR count). The molecule has 1 aromatic rings. The second-order valence-electron chi connectivity index (χ2n) is 5.99. The van der Waals surface area contributed by atoms with Crippen molar-refractivity contribution in [2.24, 2.45) is 5.92 Å². The van der Waals surface area contributed by atoms with E-state index in [0.717, 1.165) is 17.3 Å². The third kappa shape index (κ3) is 2.57. The van der Waals surface area contributed by atoms with Crippen LogP contribution < -0.4 is 0 Å². The van der Waals surface area contributed by atoms with E-state index in [1.165, 1.54) is 0 Å². The summed E-state index contributed by atoms with van der Waals surface area (Å²) in [5, 5.41) is 10.7. The van der Waals surface area contributed by atoms with Crippen molar-refractivity contribution in [3.8, 4) is 0 Å². The average molecular weight is 367 g/mol. The summed E-state index contributed by atoms with van der Waals surface area (Å²) < 4.78 is 11.6. The van der Waals surface area contributed by atoms with Crippen molar-refractivity contribution in [2.75, 3.05) is 13.7 Å². The van der Waals surface area contributed by atoms with Gasteiger partial charge in [0.05, 0.1) is 0 Å². The van der Waals surface area contributed by atoms with Crippen molar-refractivity contribution < 1.29 is 19.4 Å². The van der Waals surface area contributed by atoms with Gasteiger partial charge in [-0.3, -0.25) is 0 Å². The molecule has 0 bridgehead atoms. The molecule has 22 heavy (non-hydrogen) atoms. The van der Waals surface area contributed by atoms with E-state index in [1.807, 2.05) is 24.3 Å². The molecule has 4 nitrogen and oxygen atoms in total. The van der Waals surface area contributed by atoms with Crippen LogP contribution in [-0.2, 0) is 14.3 Å². The smallest absolute Gasteiger partial charge is 0.343 e. The summed E-state index contributed by atoms with van der Waals surface area (Å²) in [6, 6.07) is 7.38. The Morgan fingerprint density at radius 1 is 1.36 bits per heavy atom. The third-order valence-corrected chi connectivity index (χ3v) is 5.31. The molecular weight excluding hydrogens is 348 g/mol. The van der Waals surface area contributed by atoms with Crippen LogP contribution in [0.5, 0.6) is 0 Å². The fourth-order valence-electron chi connectivity index (χ4n) is 3.39. The number of carbonyl (C=O) groups is 1. The van der Waals surface area contributed by atoms with Crippen LogP contribution in [0, 0.1) is 5.92 Å². The first-order chi connectivity index (χ1) is 10.6. The summed E-state index contributed by atoms with van der Waals surface area (Å²) in [6.45, 7) is 0.714. The predicted octanol–water partition coefficient (Wildman–Crippen LogP) is 3.85. The van der Waals surface area contributed by atoms with Crippen LogP contribution >= 0.6 is 15.9 Å². The highest BCUT2D eigenvalue weighted by Crippen LogP contribution is 2.47. The normalized spacial score (nSPS) is 28.3. The summed E-state index contributed by atoms with van der Waals surface area (Å²) in [4.78, 5) is 12.3. The molecule has 1 heterocycles. The summed E-state index contributed by atoms with van der Waals surface area (Å²) in [7, 11) is 1.70. The number of halogens is 1. The van der Waals surface area contributed by atoms with Gasteiger partial charge in [0.15, 0.2) is 11.4 Å². The standard InChI is InChI=1S/C17H19BrO4/c1-21-10-11-6-8-17(9-7-11)15(19)14(16(20)22-17)12-4-2-3-5-13(12)18/h2-5,11,19H,6-10H2,1H3. The van der Waals surface area contributed by atoms with Crippen LogP contribution in [0.2, 0.25) is 0 Å². The Morgan fingerprint density at radius 2 is 2.05 bits per heavy atom. The van der Waals surface area contributed by atoms with Gasteiger partial charge in [0.25, 0.3) is 0 Å². The van der Waals surface area contributed by atoms with Gasteiger partial charge in [0.2, 0.25) is 0 Å². The molecule has 1 aromatic carbocycles. The van der Waals surface area contributed by atoms with E-state index in [0.29, 0.717) is 30.9 Å². The molecule has 1 spiro atoms. The first-order valence-electron chi connectivity index (χ1n) is 7.48. The Balaban J connectivity index is 1.91. The molecule has 5 heteroatoms. The lowest BCUT2D eigenvalue weighted by molar-refractivity contribution is -0.150. The Hall–Kier alpha value is -1.33. The highest BCUT2D eigenvalue weighted by molar-refractivity contribution is 9.10. The van der Waals surface area contributed by atoms with E-state index >= 15 is 0 Å². The van der Waals surface area contributed by atoms with Gasteiger partial charge in [-0.15, -0.1) is 0 Å². The average Bonchev–Trinajstić information content (AvgIpc) is 2.74. The molecule has 0 unspecified atom stereocenters. The lowest BCUT2D eigenvalue weighted by Gasteiger charge is -2.35. The van der Waals surface area contributed by atoms with Gasteiger partial charge in [-0.05, 0) is 37.7 Å². The fourth-order valence-corrected chi connectivity index (χ4v) is 3.87. The minimum Gasteiger partial charge on any atom is -0.507 e. The molecule has 0 radical (unpaired) electrons. The third-order valence-electron chi connectivity index (χ3n) is 4.62. The molecule has 0 amide bonds. The lowest BCUT2D eigenvalue weighted by Crippen LogP contribution is -2.37. The van der Waals surface area contributed by atoms with Crippen LogP contribution in [0.1, 0.15) is 31.2 Å². The van der Waals surface area contributed by atoms with Gasteiger partial charge in [-0.1, -0.05) is 34.1 Å². The molecule has 2 aliphatic rings. The van der Waals surface area contributed by atoms with E-state index in [1.54, 1.807) is 7.11 Å². The van der Waals surface area contributed by atoms with E-state index in [2.05, 4.69) is 15.9 Å². The number of aliphatic hydroxyl groups excluding tert-OH is 1. The number of carbonyl (C=O) groups excluding carboxylic acids is 1. The highest BCUT2D eigenvalue weighted by atomic mass is 79.9. The number of esters is 1. The maximum absolute atomic E-state index is 12.3. The Labute approximate surface area is 138 Å². The summed E-state index contributed by atoms with van der Waals surface area (Å²) in [6.07, 6.45) is 3.06. The predicted molar refractivity (Wildman–Crippen MR) is 86.3 cm³/mol. The Morgan fingerprint density at radius 3 is 2.68 bits per heavy atom. The van der Waals surface area contributed by atoms with Crippen molar-refractivity contribution >= 4 is 27.5 Å². The van der Waals surface area contributed by atoms with Crippen LogP contribution in [0.4, 0.5) is 0 Å². The molecule has 118 valence electrons. The molecular formula is C17H19BrO4. The second-order valence-corrected chi connectivity index (χ2v) is 6.84. The minimum absolute atomic E-state index is 0.0836. The van der Waals surface area contributed by atoms with E-state index < -0.39 is 11.6 Å². The molecule has 0 saturated heterocycles. The zero-order valence-electron chi connectivity index (χ0n) is 12.5. The molecule has 1 fully saturated rings. The summed E-state index contributed by atoms with van der Waals surface area (Å²) >= 11 is 3.43. The van der Waals surface area contributed by atoms with Crippen molar-refractivity contribution in [1.29, 1.82) is 0 Å². The number of benzene rings is 1. The van der Waals surface area contributed by atoms with Crippen LogP contribution in [0.3, 0.4) is 0 Å². The van der Waals surface area contributed by atoms with E-state index in [9.17, 15) is 9.90 Å². The first-order valence-corrected chi connectivity index (χ1v) is 8.27. The van der Waals surface area contributed by atoms with Crippen molar-refractivity contribution in [1.82, 2.24) is 0 Å². The zero-order valence-corrected chi connectivity index (χ0v) is 14.1. The maximum atomic E-state index is 12.3. The number of methoxy groups -OCH3 is 1. The number of rotatable bonds is 3. The summed E-state index contributed by atoms with van der Waals surface area (Å²) in [5.74, 6) is 0.115. The first kappa shape index (κ1) is 15.6. The van der Waals surface area contributed by atoms with Gasteiger partial charge in [0, 0.05) is 23.8 Å². The molecule has 0 atom stereocenters. The monoisotopic (exact) mass is 366 g/mol. The van der Waals surface area contributed by atoms with Crippen molar-refractivity contribution in [3.63, 3.8) is 0 Å². The number of aliphatic hydroxyl groups is 1. The number of hydrogen-bond acceptors (Lipinski definition) is 4. The molecule has 1 saturated carbocycles. The Bertz CT molecular complexity index is 615. The number of hydrogen-bond donors (Lipinski definition) is 1. The van der Waals surface area contributed by atoms with Gasteiger partial charge in [-0.2, -0.15) is 0 Å². The van der Waals surface area contributed by atoms with Gasteiger partial charge < -0.3 is 14.6 Å². The minimum atomic E-state index is -0.841. The van der Waals surface area contributed by atoms with Crippen molar-refractivity contribution in [3.05, 3.63) is 40.1 Å². The topological polar surface area (TPSA) is 55.8 Å². The summed E-state index contributed by atoms with van der Waals surface area (Å²) in [5.41, 5.74) is 0.130. The van der Waals surface area contributed by atoms with Gasteiger partial charge in [0.1, 0.15) is 5.57 Å². The second kappa shape index (κ2) is 6.05. The maximum Gasteiger partial charge on any atom is 0.343 e. The zero-order chi connectivity index (χ0) is 15.7. The lowest BCUT2D eigenvalue weighted by atomic mass is 9.77. The molecule has 1 aliphatic heterocycles. The van der Waals surface area contributed by atoms with Gasteiger partial charge in [-0.25, -0.2) is 4.79 Å². The van der Waals surface area contributed by atoms with Crippen LogP contribution in [0.25, 0.3) is 5.57 Å². The van der Waals surface area contributed by atoms with Gasteiger partial charge >= 0.3 is 5.97 Å². The quantitative estimate of drug-likeness (QED) is 0.825.